The number of ether oxygens (including phenoxy) is 1. The van der Waals surface area contributed by atoms with Gasteiger partial charge < -0.3 is 15.0 Å². The van der Waals surface area contributed by atoms with Crippen LogP contribution in [0.4, 0.5) is 5.82 Å². The molecule has 0 spiro atoms. The number of carbonyl (C=O) groups is 1. The van der Waals surface area contributed by atoms with Crippen LogP contribution in [0.2, 0.25) is 5.28 Å². The molecule has 1 aliphatic heterocycles. The number of amides is 1. The van der Waals surface area contributed by atoms with E-state index in [0.717, 1.165) is 41.9 Å². The van der Waals surface area contributed by atoms with Gasteiger partial charge in [-0.3, -0.25) is 4.79 Å². The van der Waals surface area contributed by atoms with Gasteiger partial charge >= 0.3 is 0 Å². The normalized spacial score (nSPS) is 18.0. The zero-order chi connectivity index (χ0) is 16.4. The lowest BCUT2D eigenvalue weighted by Crippen LogP contribution is -2.47. The van der Waals surface area contributed by atoms with Crippen molar-refractivity contribution in [3.8, 4) is 5.75 Å². The van der Waals surface area contributed by atoms with Gasteiger partial charge in [0.15, 0.2) is 0 Å². The number of nitrogens with one attached hydrogen (secondary N) is 1. The molecule has 1 aliphatic rings. The van der Waals surface area contributed by atoms with Crippen LogP contribution in [0.3, 0.4) is 0 Å². The van der Waals surface area contributed by atoms with Crippen LogP contribution in [-0.2, 0) is 4.79 Å². The smallest absolute Gasteiger partial charge is 0.224 e. The van der Waals surface area contributed by atoms with Crippen molar-refractivity contribution >= 4 is 34.2 Å². The number of hydrogen-bond donors (Lipinski definition) is 1. The van der Waals surface area contributed by atoms with Gasteiger partial charge in [-0.05, 0) is 42.6 Å². The molecule has 1 aromatic carbocycles. The Labute approximate surface area is 139 Å². The van der Waals surface area contributed by atoms with E-state index in [0.29, 0.717) is 6.54 Å². The van der Waals surface area contributed by atoms with E-state index in [2.05, 4.69) is 20.2 Å². The van der Waals surface area contributed by atoms with Crippen molar-refractivity contribution in [3.05, 3.63) is 23.5 Å². The largest absolute Gasteiger partial charge is 0.497 e. The molecule has 0 radical (unpaired) electrons. The van der Waals surface area contributed by atoms with Crippen LogP contribution in [0.1, 0.15) is 19.8 Å². The number of fused-ring (bicyclic) bond motifs is 1. The maximum absolute atomic E-state index is 11.3. The Balaban J connectivity index is 1.98. The van der Waals surface area contributed by atoms with Crippen LogP contribution in [0.15, 0.2) is 18.2 Å². The summed E-state index contributed by atoms with van der Waals surface area (Å²) < 4.78 is 5.30. The fraction of sp³-hybridized carbons (Fsp3) is 0.438. The Morgan fingerprint density at radius 3 is 3.00 bits per heavy atom. The zero-order valence-corrected chi connectivity index (χ0v) is 13.9. The third-order valence-corrected chi connectivity index (χ3v) is 4.15. The second-order valence-corrected chi connectivity index (χ2v) is 6.02. The van der Waals surface area contributed by atoms with Crippen molar-refractivity contribution in [1.29, 1.82) is 0 Å². The highest BCUT2D eigenvalue weighted by molar-refractivity contribution is 6.28. The highest BCUT2D eigenvalue weighted by atomic mass is 35.5. The van der Waals surface area contributed by atoms with Gasteiger partial charge in [0, 0.05) is 31.4 Å². The molecule has 1 fully saturated rings. The molecule has 0 saturated carbocycles. The number of hydrogen-bond acceptors (Lipinski definition) is 5. The van der Waals surface area contributed by atoms with E-state index in [4.69, 9.17) is 16.3 Å². The molecule has 0 aliphatic carbocycles. The summed E-state index contributed by atoms with van der Waals surface area (Å²) in [5.41, 5.74) is 0.780. The first-order valence-electron chi connectivity index (χ1n) is 7.60. The monoisotopic (exact) mass is 334 g/mol. The molecule has 6 nitrogen and oxygen atoms in total. The third kappa shape index (κ3) is 3.47. The Bertz CT molecular complexity index is 737. The summed E-state index contributed by atoms with van der Waals surface area (Å²) in [5, 5.41) is 4.11. The van der Waals surface area contributed by atoms with Crippen molar-refractivity contribution in [3.63, 3.8) is 0 Å². The fourth-order valence-electron chi connectivity index (χ4n) is 3.01. The number of rotatable bonds is 3. The minimum atomic E-state index is -0.0101. The third-order valence-electron chi connectivity index (χ3n) is 3.98. The number of aromatic nitrogens is 2. The molecule has 3 rings (SSSR count). The average Bonchev–Trinajstić information content (AvgIpc) is 2.53. The first kappa shape index (κ1) is 15.8. The van der Waals surface area contributed by atoms with E-state index in [1.54, 1.807) is 14.0 Å². The fourth-order valence-corrected chi connectivity index (χ4v) is 3.18. The maximum atomic E-state index is 11.3. The molecule has 1 saturated heterocycles. The van der Waals surface area contributed by atoms with Gasteiger partial charge in [-0.1, -0.05) is 0 Å². The summed E-state index contributed by atoms with van der Waals surface area (Å²) in [4.78, 5) is 22.2. The number of benzene rings is 1. The number of methoxy groups -OCH3 is 1. The quantitative estimate of drug-likeness (QED) is 0.873. The predicted octanol–water partition coefficient (Wildman–Crippen LogP) is 2.40. The zero-order valence-electron chi connectivity index (χ0n) is 13.2. The Kier molecular flexibility index (Phi) is 4.52. The van der Waals surface area contributed by atoms with Crippen LogP contribution in [0, 0.1) is 0 Å². The average molecular weight is 335 g/mol. The lowest BCUT2D eigenvalue weighted by Gasteiger charge is -2.34. The standard InChI is InChI=1S/C16H19ClN4O2/c1-10(22)18-11-4-3-7-21(9-11)15-13-8-12(23-2)5-6-14(13)19-16(17)20-15/h5-6,8,11H,3-4,7,9H2,1-2H3,(H,18,22). The van der Waals surface area contributed by atoms with Gasteiger partial charge in [-0.15, -0.1) is 0 Å². The highest BCUT2D eigenvalue weighted by Gasteiger charge is 2.23. The summed E-state index contributed by atoms with van der Waals surface area (Å²) in [6.45, 7) is 3.12. The van der Waals surface area contributed by atoms with Crippen LogP contribution in [-0.4, -0.2) is 42.1 Å². The number of carbonyl (C=O) groups excluding carboxylic acids is 1. The SMILES string of the molecule is COc1ccc2nc(Cl)nc(N3CCCC(NC(C)=O)C3)c2c1. The highest BCUT2D eigenvalue weighted by Crippen LogP contribution is 2.30. The Morgan fingerprint density at radius 1 is 1.43 bits per heavy atom. The first-order chi connectivity index (χ1) is 11.1. The lowest BCUT2D eigenvalue weighted by atomic mass is 10.0. The second-order valence-electron chi connectivity index (χ2n) is 5.69. The van der Waals surface area contributed by atoms with Crippen molar-refractivity contribution in [2.75, 3.05) is 25.1 Å². The van der Waals surface area contributed by atoms with Crippen molar-refractivity contribution in [2.45, 2.75) is 25.8 Å². The molecule has 23 heavy (non-hydrogen) atoms. The van der Waals surface area contributed by atoms with Crippen molar-refractivity contribution in [2.24, 2.45) is 0 Å². The maximum Gasteiger partial charge on any atom is 0.224 e. The molecular weight excluding hydrogens is 316 g/mol. The van der Waals surface area contributed by atoms with Crippen LogP contribution >= 0.6 is 11.6 Å². The molecule has 122 valence electrons. The van der Waals surface area contributed by atoms with E-state index in [9.17, 15) is 4.79 Å². The molecule has 2 aromatic rings. The number of anilines is 1. The molecule has 7 heteroatoms. The predicted molar refractivity (Wildman–Crippen MR) is 90.2 cm³/mol. The van der Waals surface area contributed by atoms with Crippen LogP contribution in [0.25, 0.3) is 10.9 Å². The van der Waals surface area contributed by atoms with Crippen LogP contribution < -0.4 is 15.0 Å². The summed E-state index contributed by atoms with van der Waals surface area (Å²) >= 11 is 6.09. The second kappa shape index (κ2) is 6.58. The van der Waals surface area contributed by atoms with Gasteiger partial charge in [0.2, 0.25) is 11.2 Å². The Hall–Kier alpha value is -2.08. The molecule has 1 N–H and O–H groups in total. The lowest BCUT2D eigenvalue weighted by molar-refractivity contribution is -0.119. The molecule has 0 bridgehead atoms. The molecular formula is C16H19ClN4O2. The van der Waals surface area contributed by atoms with Crippen molar-refractivity contribution in [1.82, 2.24) is 15.3 Å². The minimum absolute atomic E-state index is 0.0101. The Morgan fingerprint density at radius 2 is 2.26 bits per heavy atom. The number of piperidine rings is 1. The van der Waals surface area contributed by atoms with E-state index in [1.165, 1.54) is 0 Å². The van der Waals surface area contributed by atoms with E-state index in [1.807, 2.05) is 18.2 Å². The molecule has 1 amide bonds. The van der Waals surface area contributed by atoms with E-state index < -0.39 is 0 Å². The van der Waals surface area contributed by atoms with E-state index in [-0.39, 0.29) is 17.2 Å². The van der Waals surface area contributed by atoms with Gasteiger partial charge in [-0.2, -0.15) is 4.98 Å². The number of halogens is 1. The van der Waals surface area contributed by atoms with Gasteiger partial charge in [0.25, 0.3) is 0 Å². The summed E-state index contributed by atoms with van der Waals surface area (Å²) in [6.07, 6.45) is 1.95. The minimum Gasteiger partial charge on any atom is -0.497 e. The number of nitrogens with zero attached hydrogens (tertiary/aromatic N) is 3. The van der Waals surface area contributed by atoms with E-state index >= 15 is 0 Å². The summed E-state index contributed by atoms with van der Waals surface area (Å²) in [6, 6.07) is 5.77. The topological polar surface area (TPSA) is 67.4 Å². The summed E-state index contributed by atoms with van der Waals surface area (Å²) in [5.74, 6) is 1.53. The molecule has 1 aromatic heterocycles. The molecule has 1 unspecified atom stereocenters. The van der Waals surface area contributed by atoms with Crippen LogP contribution in [0.5, 0.6) is 5.75 Å². The molecule has 2 heterocycles. The van der Waals surface area contributed by atoms with Gasteiger partial charge in [-0.25, -0.2) is 4.98 Å². The summed E-state index contributed by atoms with van der Waals surface area (Å²) in [7, 11) is 1.63. The molecule has 1 atom stereocenters. The first-order valence-corrected chi connectivity index (χ1v) is 7.98. The van der Waals surface area contributed by atoms with Crippen molar-refractivity contribution < 1.29 is 9.53 Å². The van der Waals surface area contributed by atoms with Gasteiger partial charge in [0.1, 0.15) is 11.6 Å². The van der Waals surface area contributed by atoms with Gasteiger partial charge in [0.05, 0.1) is 12.6 Å².